The summed E-state index contributed by atoms with van der Waals surface area (Å²) in [6, 6.07) is 4.10. The van der Waals surface area contributed by atoms with Gasteiger partial charge in [-0.3, -0.25) is 0 Å². The average molecular weight is 245 g/mol. The molecule has 2 N–H and O–H groups in total. The number of rotatable bonds is 4. The van der Waals surface area contributed by atoms with Gasteiger partial charge in [0.15, 0.2) is 0 Å². The molecule has 5 heteroatoms. The number of benzene rings is 1. The molecule has 16 heavy (non-hydrogen) atoms. The van der Waals surface area contributed by atoms with Crippen molar-refractivity contribution in [2.75, 3.05) is 5.88 Å². The summed E-state index contributed by atoms with van der Waals surface area (Å²) < 4.78 is 18.5. The van der Waals surface area contributed by atoms with E-state index in [4.69, 9.17) is 22.1 Å². The van der Waals surface area contributed by atoms with E-state index < -0.39 is 5.82 Å². The molecule has 3 nitrogen and oxygen atoms in total. The van der Waals surface area contributed by atoms with Crippen LogP contribution in [0.1, 0.15) is 13.8 Å². The number of ether oxygens (including phenoxy) is 1. The van der Waals surface area contributed by atoms with Crippen LogP contribution in [0.3, 0.4) is 0 Å². The zero-order valence-corrected chi connectivity index (χ0v) is 9.96. The quantitative estimate of drug-likeness (QED) is 0.503. The number of hydrogen-bond acceptors (Lipinski definition) is 2. The molecule has 0 heterocycles. The number of hydrogen-bond donors (Lipinski definition) is 1. The first-order chi connectivity index (χ1) is 7.52. The maximum atomic E-state index is 13.0. The summed E-state index contributed by atoms with van der Waals surface area (Å²) in [7, 11) is 0. The van der Waals surface area contributed by atoms with Crippen molar-refractivity contribution in [1.29, 1.82) is 0 Å². The van der Waals surface area contributed by atoms with Gasteiger partial charge in [-0.05, 0) is 26.0 Å². The number of nitrogens with two attached hydrogens (primary N) is 1. The Kier molecular flexibility index (Phi) is 4.55. The predicted octanol–water partition coefficient (Wildman–Crippen LogP) is 2.84. The third-order valence-corrected chi connectivity index (χ3v) is 1.96. The maximum Gasteiger partial charge on any atom is 0.145 e. The van der Waals surface area contributed by atoms with Crippen molar-refractivity contribution in [1.82, 2.24) is 0 Å². The Morgan fingerprint density at radius 2 is 2.25 bits per heavy atom. The molecular formula is C11H14ClFN2O. The zero-order valence-electron chi connectivity index (χ0n) is 9.21. The smallest absolute Gasteiger partial charge is 0.145 e. The highest BCUT2D eigenvalue weighted by atomic mass is 35.5. The molecule has 0 bridgehead atoms. The Labute approximate surface area is 99.1 Å². The highest BCUT2D eigenvalue weighted by molar-refractivity contribution is 6.28. The van der Waals surface area contributed by atoms with Gasteiger partial charge in [0.05, 0.1) is 12.0 Å². The molecule has 0 spiro atoms. The normalized spacial score (nSPS) is 11.9. The molecule has 0 saturated heterocycles. The number of aliphatic imine (C=N–C) groups is 1. The van der Waals surface area contributed by atoms with Gasteiger partial charge in [0.1, 0.15) is 23.1 Å². The molecule has 0 aromatic heterocycles. The van der Waals surface area contributed by atoms with Gasteiger partial charge in [-0.15, -0.1) is 11.6 Å². The standard InChI is InChI=1S/C11H14ClFN2O/c1-7(2)16-10-4-3-8(13)5-9(10)15-11(14)6-12/h3-5,7H,6H2,1-2H3,(H2,14,15). The first-order valence-corrected chi connectivity index (χ1v) is 5.41. The van der Waals surface area contributed by atoms with Gasteiger partial charge in [0.2, 0.25) is 0 Å². The molecule has 0 saturated carbocycles. The van der Waals surface area contributed by atoms with E-state index in [-0.39, 0.29) is 17.8 Å². The van der Waals surface area contributed by atoms with E-state index in [2.05, 4.69) is 4.99 Å². The summed E-state index contributed by atoms with van der Waals surface area (Å²) in [4.78, 5) is 3.99. The molecule has 0 amide bonds. The van der Waals surface area contributed by atoms with Crippen LogP contribution in [0.25, 0.3) is 0 Å². The van der Waals surface area contributed by atoms with E-state index in [1.165, 1.54) is 18.2 Å². The second-order valence-electron chi connectivity index (χ2n) is 3.52. The van der Waals surface area contributed by atoms with E-state index in [0.29, 0.717) is 11.4 Å². The van der Waals surface area contributed by atoms with E-state index >= 15 is 0 Å². The number of halogens is 2. The van der Waals surface area contributed by atoms with Crippen LogP contribution in [-0.2, 0) is 0 Å². The van der Waals surface area contributed by atoms with Crippen molar-refractivity contribution in [3.8, 4) is 5.75 Å². The van der Waals surface area contributed by atoms with Crippen molar-refractivity contribution in [2.45, 2.75) is 20.0 Å². The lowest BCUT2D eigenvalue weighted by Gasteiger charge is -2.12. The Morgan fingerprint density at radius 1 is 1.56 bits per heavy atom. The highest BCUT2D eigenvalue weighted by Gasteiger charge is 2.07. The van der Waals surface area contributed by atoms with Gasteiger partial charge < -0.3 is 10.5 Å². The van der Waals surface area contributed by atoms with E-state index in [0.717, 1.165) is 0 Å². The predicted molar refractivity (Wildman–Crippen MR) is 64.2 cm³/mol. The van der Waals surface area contributed by atoms with Gasteiger partial charge in [0, 0.05) is 6.07 Å². The van der Waals surface area contributed by atoms with Crippen LogP contribution in [0, 0.1) is 5.82 Å². The summed E-state index contributed by atoms with van der Waals surface area (Å²) in [5.74, 6) is 0.417. The van der Waals surface area contributed by atoms with Crippen LogP contribution in [0.15, 0.2) is 23.2 Å². The second-order valence-corrected chi connectivity index (χ2v) is 3.78. The summed E-state index contributed by atoms with van der Waals surface area (Å²) in [6.45, 7) is 3.75. The SMILES string of the molecule is CC(C)Oc1ccc(F)cc1N=C(N)CCl. The largest absolute Gasteiger partial charge is 0.489 e. The van der Waals surface area contributed by atoms with E-state index in [1.54, 1.807) is 0 Å². The molecule has 0 radical (unpaired) electrons. The van der Waals surface area contributed by atoms with Gasteiger partial charge in [0.25, 0.3) is 0 Å². The summed E-state index contributed by atoms with van der Waals surface area (Å²) in [5.41, 5.74) is 5.85. The number of amidine groups is 1. The Hall–Kier alpha value is -1.29. The molecule has 1 aromatic rings. The van der Waals surface area contributed by atoms with E-state index in [1.807, 2.05) is 13.8 Å². The van der Waals surface area contributed by atoms with Gasteiger partial charge in [-0.25, -0.2) is 9.38 Å². The Balaban J connectivity index is 3.08. The molecule has 0 atom stereocenters. The minimum Gasteiger partial charge on any atom is -0.489 e. The van der Waals surface area contributed by atoms with Crippen molar-refractivity contribution < 1.29 is 9.13 Å². The minimum atomic E-state index is -0.391. The summed E-state index contributed by atoms with van der Waals surface area (Å²) in [5, 5.41) is 0. The Bertz CT molecular complexity index is 394. The topological polar surface area (TPSA) is 47.6 Å². The van der Waals surface area contributed by atoms with Crippen molar-refractivity contribution in [3.05, 3.63) is 24.0 Å². The molecule has 0 unspecified atom stereocenters. The third kappa shape index (κ3) is 3.70. The average Bonchev–Trinajstić information content (AvgIpc) is 2.21. The summed E-state index contributed by atoms with van der Waals surface area (Å²) in [6.07, 6.45) is -0.0170. The fourth-order valence-electron chi connectivity index (χ4n) is 1.12. The molecule has 1 rings (SSSR count). The fourth-order valence-corrected chi connectivity index (χ4v) is 1.18. The molecule has 0 fully saturated rings. The van der Waals surface area contributed by atoms with Crippen LogP contribution < -0.4 is 10.5 Å². The molecule has 88 valence electrons. The van der Waals surface area contributed by atoms with Crippen molar-refractivity contribution in [2.24, 2.45) is 10.7 Å². The van der Waals surface area contributed by atoms with Crippen LogP contribution in [0.2, 0.25) is 0 Å². The van der Waals surface area contributed by atoms with Crippen molar-refractivity contribution >= 4 is 23.1 Å². The Morgan fingerprint density at radius 3 is 2.81 bits per heavy atom. The van der Waals surface area contributed by atoms with Crippen LogP contribution in [-0.4, -0.2) is 17.8 Å². The lowest BCUT2D eigenvalue weighted by Crippen LogP contribution is -2.12. The van der Waals surface area contributed by atoms with Gasteiger partial charge in [-0.2, -0.15) is 0 Å². The molecule has 0 aliphatic heterocycles. The maximum absolute atomic E-state index is 13.0. The van der Waals surface area contributed by atoms with E-state index in [9.17, 15) is 4.39 Å². The van der Waals surface area contributed by atoms with Crippen LogP contribution in [0.5, 0.6) is 5.75 Å². The monoisotopic (exact) mass is 244 g/mol. The molecule has 0 aliphatic rings. The number of nitrogens with zero attached hydrogens (tertiary/aromatic N) is 1. The van der Waals surface area contributed by atoms with Crippen LogP contribution in [0.4, 0.5) is 10.1 Å². The third-order valence-electron chi connectivity index (χ3n) is 1.68. The highest BCUT2D eigenvalue weighted by Crippen LogP contribution is 2.29. The van der Waals surface area contributed by atoms with Crippen molar-refractivity contribution in [3.63, 3.8) is 0 Å². The van der Waals surface area contributed by atoms with Crippen LogP contribution >= 0.6 is 11.6 Å². The first kappa shape index (κ1) is 12.8. The first-order valence-electron chi connectivity index (χ1n) is 4.88. The summed E-state index contributed by atoms with van der Waals surface area (Å²) >= 11 is 5.51. The lowest BCUT2D eigenvalue weighted by atomic mass is 10.3. The second kappa shape index (κ2) is 5.70. The van der Waals surface area contributed by atoms with Gasteiger partial charge >= 0.3 is 0 Å². The molecular weight excluding hydrogens is 231 g/mol. The zero-order chi connectivity index (χ0) is 12.1. The molecule has 1 aromatic carbocycles. The minimum absolute atomic E-state index is 0.0170. The molecule has 0 aliphatic carbocycles. The fraction of sp³-hybridized carbons (Fsp3) is 0.364. The number of alkyl halides is 1. The lowest BCUT2D eigenvalue weighted by molar-refractivity contribution is 0.243. The van der Waals surface area contributed by atoms with Gasteiger partial charge in [-0.1, -0.05) is 0 Å².